The molecule has 0 bridgehead atoms. The van der Waals surface area contributed by atoms with Crippen molar-refractivity contribution in [3.8, 4) is 0 Å². The Morgan fingerprint density at radius 1 is 1.15 bits per heavy atom. The molecule has 1 heterocycles. The zero-order valence-electron chi connectivity index (χ0n) is 13.3. The maximum absolute atomic E-state index is 12.3. The van der Waals surface area contributed by atoms with Gasteiger partial charge in [-0.05, 0) is 12.8 Å². The first-order valence-corrected chi connectivity index (χ1v) is 12.0. The third-order valence-corrected chi connectivity index (χ3v) is 9.41. The van der Waals surface area contributed by atoms with E-state index in [9.17, 15) is 33.6 Å². The van der Waals surface area contributed by atoms with E-state index in [1.54, 1.807) is 6.26 Å². The second-order valence-corrected chi connectivity index (χ2v) is 12.5. The van der Waals surface area contributed by atoms with Crippen molar-refractivity contribution in [2.24, 2.45) is 0 Å². The summed E-state index contributed by atoms with van der Waals surface area (Å²) in [6, 6.07) is 1.03. The van der Waals surface area contributed by atoms with Crippen LogP contribution in [0.25, 0.3) is 0 Å². The van der Waals surface area contributed by atoms with Crippen molar-refractivity contribution in [1.82, 2.24) is 0 Å². The van der Waals surface area contributed by atoms with Crippen LogP contribution in [0.5, 0.6) is 0 Å². The van der Waals surface area contributed by atoms with Gasteiger partial charge in [0.1, 0.15) is 12.1 Å². The Labute approximate surface area is 152 Å². The van der Waals surface area contributed by atoms with Crippen LogP contribution in [0, 0.1) is 25.1 Å². The predicted octanol–water partition coefficient (Wildman–Crippen LogP) is 2.88. The maximum atomic E-state index is 12.3. The molecule has 1 aromatic carbocycles. The van der Waals surface area contributed by atoms with Crippen LogP contribution in [0.1, 0.15) is 12.8 Å². The second-order valence-electron chi connectivity index (χ2n) is 5.29. The summed E-state index contributed by atoms with van der Waals surface area (Å²) in [7, 11) is -5.72. The summed E-state index contributed by atoms with van der Waals surface area (Å²) in [5.74, 6) is 1.37. The summed E-state index contributed by atoms with van der Waals surface area (Å²) in [5.41, 5.74) is -3.20. The molecule has 1 atom stereocenters. The third-order valence-electron chi connectivity index (χ3n) is 3.36. The highest BCUT2D eigenvalue weighted by atomic mass is 33.2. The van der Waals surface area contributed by atoms with Crippen LogP contribution in [0.15, 0.2) is 17.0 Å². The van der Waals surface area contributed by atoms with E-state index in [2.05, 4.69) is 0 Å². The Kier molecular flexibility index (Phi) is 5.74. The van der Waals surface area contributed by atoms with Gasteiger partial charge in [0.15, 0.2) is 0 Å². The van der Waals surface area contributed by atoms with Gasteiger partial charge in [-0.1, -0.05) is 10.8 Å². The predicted molar refractivity (Wildman–Crippen MR) is 94.0 cm³/mol. The standard InChI is InChI=1S/C11H13N3O9S3/c1-25(5-3-2-4-24-25)23-14(19)8-6-9(12(15)16)11(26(20,21)22)10(7-8)13(17)18/h6-7H,2-5H2,1H3/p+1. The molecular weight excluding hydrogens is 414 g/mol. The smallest absolute Gasteiger partial charge is 0.281 e. The van der Waals surface area contributed by atoms with Crippen LogP contribution in [-0.2, 0) is 14.4 Å². The van der Waals surface area contributed by atoms with Gasteiger partial charge in [0.05, 0.1) is 14.8 Å². The van der Waals surface area contributed by atoms with Crippen molar-refractivity contribution in [3.05, 3.63) is 37.3 Å². The number of hydrogen-bond donors (Lipinski definition) is 1. The van der Waals surface area contributed by atoms with E-state index in [0.717, 1.165) is 18.6 Å². The number of nitro groups is 2. The molecule has 1 aliphatic heterocycles. The molecule has 1 fully saturated rings. The molecule has 15 heteroatoms. The molecule has 1 unspecified atom stereocenters. The van der Waals surface area contributed by atoms with E-state index in [1.807, 2.05) is 0 Å². The van der Waals surface area contributed by atoms with Crippen LogP contribution in [0.3, 0.4) is 0 Å². The molecule has 1 aromatic rings. The van der Waals surface area contributed by atoms with Crippen molar-refractivity contribution in [2.75, 3.05) is 17.8 Å². The van der Waals surface area contributed by atoms with Crippen molar-refractivity contribution >= 4 is 47.3 Å². The minimum Gasteiger partial charge on any atom is -0.281 e. The van der Waals surface area contributed by atoms with Gasteiger partial charge in [0.2, 0.25) is 4.90 Å². The Balaban J connectivity index is 2.55. The van der Waals surface area contributed by atoms with Crippen molar-refractivity contribution in [2.45, 2.75) is 17.7 Å². The molecular formula is C11H14N3O9S3+. The van der Waals surface area contributed by atoms with Crippen LogP contribution in [-0.4, -0.2) is 45.5 Å². The van der Waals surface area contributed by atoms with Gasteiger partial charge in [-0.2, -0.15) is 12.7 Å². The molecule has 0 aromatic heterocycles. The summed E-state index contributed by atoms with van der Waals surface area (Å²) in [5, 5.41) is 22.2. The highest BCUT2D eigenvalue weighted by molar-refractivity contribution is 8.92. The lowest BCUT2D eigenvalue weighted by atomic mass is 10.2. The van der Waals surface area contributed by atoms with E-state index in [-0.39, 0.29) is 4.92 Å². The number of rotatable bonds is 6. The lowest BCUT2D eigenvalue weighted by Gasteiger charge is -2.30. The quantitative estimate of drug-likeness (QED) is 0.307. The van der Waals surface area contributed by atoms with Gasteiger partial charge < -0.3 is 0 Å². The van der Waals surface area contributed by atoms with Gasteiger partial charge in [-0.3, -0.25) is 24.8 Å². The molecule has 0 saturated carbocycles. The molecule has 0 amide bonds. The third kappa shape index (κ3) is 4.40. The van der Waals surface area contributed by atoms with Crippen LogP contribution >= 0.6 is 20.1 Å². The van der Waals surface area contributed by atoms with Gasteiger partial charge >= 0.3 is 27.2 Å². The monoisotopic (exact) mass is 428 g/mol. The van der Waals surface area contributed by atoms with E-state index in [4.69, 9.17) is 8.84 Å². The summed E-state index contributed by atoms with van der Waals surface area (Å²) in [6.07, 6.45) is 3.50. The molecule has 0 spiro atoms. The Bertz CT molecular complexity index is 845. The lowest BCUT2D eigenvalue weighted by Crippen LogP contribution is -2.15. The summed E-state index contributed by atoms with van der Waals surface area (Å²) >= 11 is 0. The van der Waals surface area contributed by atoms with Gasteiger partial charge in [-0.25, -0.2) is 0 Å². The minimum absolute atomic E-state index is 0.0819. The number of benzene rings is 1. The fourth-order valence-corrected chi connectivity index (χ4v) is 7.45. The number of nitrogens with zero attached hydrogens (tertiary/aromatic N) is 3. The fourth-order valence-electron chi connectivity index (χ4n) is 2.23. The topological polar surface area (TPSA) is 170 Å². The fraction of sp³-hybridized carbons (Fsp3) is 0.455. The zero-order chi connectivity index (χ0) is 19.7. The minimum atomic E-state index is -5.28. The summed E-state index contributed by atoms with van der Waals surface area (Å²) in [6.45, 7) is 0. The largest absolute Gasteiger partial charge is 0.331 e. The Morgan fingerprint density at radius 3 is 2.08 bits per heavy atom. The Morgan fingerprint density at radius 2 is 1.69 bits per heavy atom. The van der Waals surface area contributed by atoms with Crippen molar-refractivity contribution in [1.29, 1.82) is 0 Å². The number of hydrogen-bond acceptors (Lipinski definition) is 9. The summed E-state index contributed by atoms with van der Waals surface area (Å²) in [4.78, 5) is 30.5. The van der Waals surface area contributed by atoms with E-state index >= 15 is 0 Å². The van der Waals surface area contributed by atoms with Crippen LogP contribution < -0.4 is 0 Å². The normalized spacial score (nSPS) is 22.8. The van der Waals surface area contributed by atoms with E-state index in [1.165, 1.54) is 10.8 Å². The maximum Gasteiger partial charge on any atom is 0.331 e. The number of nitro benzene ring substituents is 2. The van der Waals surface area contributed by atoms with Crippen molar-refractivity contribution < 1.29 is 32.0 Å². The average molecular weight is 428 g/mol. The van der Waals surface area contributed by atoms with Gasteiger partial charge in [0.25, 0.3) is 4.92 Å². The molecule has 26 heavy (non-hydrogen) atoms. The first kappa shape index (κ1) is 20.3. The molecule has 144 valence electrons. The first-order valence-electron chi connectivity index (χ1n) is 6.96. The lowest BCUT2D eigenvalue weighted by molar-refractivity contribution is -0.695. The van der Waals surface area contributed by atoms with E-state index < -0.39 is 51.3 Å². The molecule has 1 aliphatic rings. The molecule has 0 aliphatic carbocycles. The molecule has 1 saturated heterocycles. The summed E-state index contributed by atoms with van der Waals surface area (Å²) < 4.78 is 37.2. The van der Waals surface area contributed by atoms with E-state index in [0.29, 0.717) is 17.9 Å². The first-order chi connectivity index (χ1) is 11.9. The average Bonchev–Trinajstić information content (AvgIpc) is 2.52. The molecule has 12 nitrogen and oxygen atoms in total. The SMILES string of the molecule is CS1(O[N+](=O)c2cc([N+](=O)[O-])c(S(=O)(=O)O)c([N+](=O)[O-])c2)CCCCS1. The van der Waals surface area contributed by atoms with Crippen molar-refractivity contribution in [3.63, 3.8) is 0 Å². The highest BCUT2D eigenvalue weighted by Crippen LogP contribution is 2.61. The molecule has 1 N–H and O–H groups in total. The second kappa shape index (κ2) is 7.34. The molecule has 2 rings (SSSR count). The van der Waals surface area contributed by atoms with Crippen LogP contribution in [0.2, 0.25) is 0 Å². The Hall–Kier alpha value is -1.97. The van der Waals surface area contributed by atoms with Crippen LogP contribution in [0.4, 0.5) is 17.1 Å². The van der Waals surface area contributed by atoms with Gasteiger partial charge in [0, 0.05) is 27.1 Å². The highest BCUT2D eigenvalue weighted by Gasteiger charge is 2.41. The zero-order valence-corrected chi connectivity index (χ0v) is 15.7. The molecule has 0 radical (unpaired) electrons. The van der Waals surface area contributed by atoms with Gasteiger partial charge in [-0.15, -0.1) is 0 Å².